The molecule has 1 aliphatic rings. The SMILES string of the molecule is CCS(=O)(=O)Nc1ccc(NC(=O)C2CCC(C(=O)O)CC2)cc1OC. The molecular weight excluding hydrogens is 360 g/mol. The van der Waals surface area contributed by atoms with E-state index < -0.39 is 16.0 Å². The highest BCUT2D eigenvalue weighted by Gasteiger charge is 2.29. The Morgan fingerprint density at radius 2 is 1.81 bits per heavy atom. The third-order valence-electron chi connectivity index (χ3n) is 4.56. The van der Waals surface area contributed by atoms with Crippen LogP contribution in [0.15, 0.2) is 18.2 Å². The lowest BCUT2D eigenvalue weighted by molar-refractivity contribution is -0.143. The predicted octanol–water partition coefficient (Wildman–Crippen LogP) is 2.29. The van der Waals surface area contributed by atoms with Crippen molar-refractivity contribution < 1.29 is 27.9 Å². The van der Waals surface area contributed by atoms with Crippen molar-refractivity contribution in [2.24, 2.45) is 11.8 Å². The first-order valence-corrected chi connectivity index (χ1v) is 10.1. The van der Waals surface area contributed by atoms with Gasteiger partial charge < -0.3 is 15.2 Å². The van der Waals surface area contributed by atoms with E-state index in [4.69, 9.17) is 9.84 Å². The number of carbonyl (C=O) groups excluding carboxylic acids is 1. The third kappa shape index (κ3) is 5.10. The Morgan fingerprint density at radius 3 is 2.35 bits per heavy atom. The van der Waals surface area contributed by atoms with Crippen molar-refractivity contribution >= 4 is 33.3 Å². The first-order chi connectivity index (χ1) is 12.3. The number of anilines is 2. The van der Waals surface area contributed by atoms with Crippen molar-refractivity contribution in [1.82, 2.24) is 0 Å². The van der Waals surface area contributed by atoms with Crippen LogP contribution < -0.4 is 14.8 Å². The molecule has 26 heavy (non-hydrogen) atoms. The maximum absolute atomic E-state index is 12.4. The molecule has 1 fully saturated rings. The first kappa shape index (κ1) is 20.0. The summed E-state index contributed by atoms with van der Waals surface area (Å²) in [6, 6.07) is 4.67. The van der Waals surface area contributed by atoms with Gasteiger partial charge in [0.15, 0.2) is 0 Å². The van der Waals surface area contributed by atoms with Gasteiger partial charge in [-0.05, 0) is 44.7 Å². The summed E-state index contributed by atoms with van der Waals surface area (Å²) in [5, 5.41) is 11.8. The number of nitrogens with one attached hydrogen (secondary N) is 2. The lowest BCUT2D eigenvalue weighted by Gasteiger charge is -2.25. The minimum atomic E-state index is -3.44. The molecule has 0 bridgehead atoms. The van der Waals surface area contributed by atoms with Gasteiger partial charge in [-0.2, -0.15) is 0 Å². The summed E-state index contributed by atoms with van der Waals surface area (Å²) in [6.45, 7) is 1.53. The predicted molar refractivity (Wildman–Crippen MR) is 97.8 cm³/mol. The number of carboxylic acids is 1. The number of ether oxygens (including phenoxy) is 1. The van der Waals surface area contributed by atoms with E-state index in [2.05, 4.69) is 10.0 Å². The fourth-order valence-electron chi connectivity index (χ4n) is 2.94. The molecule has 0 heterocycles. The zero-order valence-corrected chi connectivity index (χ0v) is 15.6. The molecule has 0 spiro atoms. The van der Waals surface area contributed by atoms with Gasteiger partial charge >= 0.3 is 5.97 Å². The summed E-state index contributed by atoms with van der Waals surface area (Å²) in [6.07, 6.45) is 2.06. The zero-order chi connectivity index (χ0) is 19.3. The number of benzene rings is 1. The maximum atomic E-state index is 12.4. The third-order valence-corrected chi connectivity index (χ3v) is 5.85. The molecule has 1 saturated carbocycles. The second-order valence-electron chi connectivity index (χ2n) is 6.30. The van der Waals surface area contributed by atoms with Gasteiger partial charge in [0.05, 0.1) is 24.5 Å². The molecule has 144 valence electrons. The molecule has 0 radical (unpaired) electrons. The standard InChI is InChI=1S/C17H24N2O6S/c1-3-26(23,24)19-14-9-8-13(10-15(14)25-2)18-16(20)11-4-6-12(7-5-11)17(21)22/h8-12,19H,3-7H2,1-2H3,(H,18,20)(H,21,22). The molecule has 0 aromatic heterocycles. The normalized spacial score (nSPS) is 20.2. The molecule has 2 rings (SSSR count). The number of rotatable bonds is 7. The highest BCUT2D eigenvalue weighted by molar-refractivity contribution is 7.92. The van der Waals surface area contributed by atoms with E-state index in [0.29, 0.717) is 42.8 Å². The molecule has 1 aromatic rings. The van der Waals surface area contributed by atoms with Gasteiger partial charge in [0.25, 0.3) is 0 Å². The molecule has 1 aliphatic carbocycles. The van der Waals surface area contributed by atoms with Gasteiger partial charge in [-0.25, -0.2) is 8.42 Å². The Balaban J connectivity index is 2.03. The van der Waals surface area contributed by atoms with E-state index in [-0.39, 0.29) is 23.5 Å². The average Bonchev–Trinajstić information content (AvgIpc) is 2.62. The molecule has 0 aliphatic heterocycles. The Morgan fingerprint density at radius 1 is 1.19 bits per heavy atom. The number of aliphatic carboxylic acids is 1. The summed E-state index contributed by atoms with van der Waals surface area (Å²) >= 11 is 0. The van der Waals surface area contributed by atoms with Crippen LogP contribution >= 0.6 is 0 Å². The monoisotopic (exact) mass is 384 g/mol. The smallest absolute Gasteiger partial charge is 0.306 e. The molecule has 9 heteroatoms. The average molecular weight is 384 g/mol. The summed E-state index contributed by atoms with van der Waals surface area (Å²) < 4.78 is 31.0. The molecule has 1 aromatic carbocycles. The van der Waals surface area contributed by atoms with Crippen LogP contribution in [0.25, 0.3) is 0 Å². The van der Waals surface area contributed by atoms with E-state index in [1.807, 2.05) is 0 Å². The van der Waals surface area contributed by atoms with Crippen molar-refractivity contribution in [3.8, 4) is 5.75 Å². The van der Waals surface area contributed by atoms with Crippen molar-refractivity contribution in [3.63, 3.8) is 0 Å². The zero-order valence-electron chi connectivity index (χ0n) is 14.8. The van der Waals surface area contributed by atoms with Crippen LogP contribution in [-0.4, -0.2) is 38.3 Å². The summed E-state index contributed by atoms with van der Waals surface area (Å²) in [7, 11) is -2.02. The maximum Gasteiger partial charge on any atom is 0.306 e. The van der Waals surface area contributed by atoms with Gasteiger partial charge in [0, 0.05) is 17.7 Å². The number of sulfonamides is 1. The van der Waals surface area contributed by atoms with Crippen LogP contribution in [0.2, 0.25) is 0 Å². The van der Waals surface area contributed by atoms with Crippen molar-refractivity contribution in [3.05, 3.63) is 18.2 Å². The van der Waals surface area contributed by atoms with Crippen molar-refractivity contribution in [2.45, 2.75) is 32.6 Å². The van der Waals surface area contributed by atoms with Crippen LogP contribution in [0, 0.1) is 11.8 Å². The fourth-order valence-corrected chi connectivity index (χ4v) is 3.59. The van der Waals surface area contributed by atoms with E-state index in [1.54, 1.807) is 12.1 Å². The van der Waals surface area contributed by atoms with Gasteiger partial charge in [-0.15, -0.1) is 0 Å². The first-order valence-electron chi connectivity index (χ1n) is 8.48. The van der Waals surface area contributed by atoms with Crippen LogP contribution in [-0.2, 0) is 19.6 Å². The Kier molecular flexibility index (Phi) is 6.47. The van der Waals surface area contributed by atoms with Crippen LogP contribution in [0.3, 0.4) is 0 Å². The van der Waals surface area contributed by atoms with Crippen LogP contribution in [0.5, 0.6) is 5.75 Å². The number of hydrogen-bond acceptors (Lipinski definition) is 5. The largest absolute Gasteiger partial charge is 0.494 e. The topological polar surface area (TPSA) is 122 Å². The molecule has 0 atom stereocenters. The number of carboxylic acid groups (broad SMARTS) is 1. The second kappa shape index (κ2) is 8.39. The quantitative estimate of drug-likeness (QED) is 0.663. The molecule has 0 unspecified atom stereocenters. The highest BCUT2D eigenvalue weighted by atomic mass is 32.2. The molecule has 1 amide bonds. The second-order valence-corrected chi connectivity index (χ2v) is 8.31. The summed E-state index contributed by atoms with van der Waals surface area (Å²) in [4.78, 5) is 23.4. The van der Waals surface area contributed by atoms with Crippen LogP contribution in [0.1, 0.15) is 32.6 Å². The van der Waals surface area contributed by atoms with E-state index in [0.717, 1.165) is 0 Å². The van der Waals surface area contributed by atoms with E-state index in [1.165, 1.54) is 20.1 Å². The van der Waals surface area contributed by atoms with E-state index in [9.17, 15) is 18.0 Å². The van der Waals surface area contributed by atoms with Crippen LogP contribution in [0.4, 0.5) is 11.4 Å². The minimum Gasteiger partial charge on any atom is -0.494 e. The van der Waals surface area contributed by atoms with Gasteiger partial charge in [0.2, 0.25) is 15.9 Å². The number of methoxy groups -OCH3 is 1. The number of hydrogen-bond donors (Lipinski definition) is 3. The summed E-state index contributed by atoms with van der Waals surface area (Å²) in [5.41, 5.74) is 0.793. The van der Waals surface area contributed by atoms with Gasteiger partial charge in [-0.1, -0.05) is 0 Å². The van der Waals surface area contributed by atoms with E-state index >= 15 is 0 Å². The summed E-state index contributed by atoms with van der Waals surface area (Å²) in [5.74, 6) is -1.33. The highest BCUT2D eigenvalue weighted by Crippen LogP contribution is 2.32. The Labute approximate surface area is 153 Å². The van der Waals surface area contributed by atoms with Gasteiger partial charge in [-0.3, -0.25) is 14.3 Å². The lowest BCUT2D eigenvalue weighted by atomic mass is 9.81. The molecule has 3 N–H and O–H groups in total. The number of amides is 1. The molecule has 0 saturated heterocycles. The molecule has 8 nitrogen and oxygen atoms in total. The van der Waals surface area contributed by atoms with Gasteiger partial charge in [0.1, 0.15) is 5.75 Å². The van der Waals surface area contributed by atoms with Crippen molar-refractivity contribution in [2.75, 3.05) is 22.9 Å². The minimum absolute atomic E-state index is 0.0618. The lowest BCUT2D eigenvalue weighted by Crippen LogP contribution is -2.29. The van der Waals surface area contributed by atoms with Crippen molar-refractivity contribution in [1.29, 1.82) is 0 Å². The Hall–Kier alpha value is -2.29. The molecular formula is C17H24N2O6S. The number of carbonyl (C=O) groups is 2. The fraction of sp³-hybridized carbons (Fsp3) is 0.529. The Bertz CT molecular complexity index is 769.